The monoisotopic (exact) mass is 330 g/mol. The summed E-state index contributed by atoms with van der Waals surface area (Å²) in [6.07, 6.45) is 4.27. The zero-order chi connectivity index (χ0) is 16.9. The van der Waals surface area contributed by atoms with Crippen LogP contribution in [-0.2, 0) is 4.79 Å². The van der Waals surface area contributed by atoms with Crippen LogP contribution in [0.3, 0.4) is 0 Å². The Balaban J connectivity index is 1.78. The van der Waals surface area contributed by atoms with Crippen LogP contribution in [0.25, 0.3) is 10.8 Å². The van der Waals surface area contributed by atoms with Crippen LogP contribution in [0, 0.1) is 17.2 Å². The third-order valence-corrected chi connectivity index (χ3v) is 5.61. The second kappa shape index (κ2) is 5.33. The smallest absolute Gasteiger partial charge is 0.311 e. The molecule has 1 aliphatic heterocycles. The normalized spacial score (nSPS) is 25.9. The number of pyridine rings is 1. The first-order chi connectivity index (χ1) is 11.5. The van der Waals surface area contributed by atoms with Crippen LogP contribution in [0.4, 0.5) is 10.2 Å². The molecular weight excluding hydrogens is 311 g/mol. The molecule has 24 heavy (non-hydrogen) atoms. The number of hydrogen-bond donors (Lipinski definition) is 1. The van der Waals surface area contributed by atoms with Crippen LogP contribution in [0.2, 0.25) is 0 Å². The first-order valence-corrected chi connectivity index (χ1v) is 8.16. The summed E-state index contributed by atoms with van der Waals surface area (Å²) in [5, 5.41) is 11.3. The fourth-order valence-corrected chi connectivity index (χ4v) is 4.37. The largest absolute Gasteiger partial charge is 0.494 e. The molecule has 5 nitrogen and oxygen atoms in total. The van der Waals surface area contributed by atoms with Crippen molar-refractivity contribution in [1.29, 1.82) is 0 Å². The Bertz CT molecular complexity index is 825. The van der Waals surface area contributed by atoms with Crippen LogP contribution in [0.15, 0.2) is 24.4 Å². The summed E-state index contributed by atoms with van der Waals surface area (Å²) in [5.41, 5.74) is -0.686. The molecule has 0 amide bonds. The predicted molar refractivity (Wildman–Crippen MR) is 87.9 cm³/mol. The summed E-state index contributed by atoms with van der Waals surface area (Å²) in [6.45, 7) is 1.10. The number of carbonyl (C=O) groups is 1. The third-order valence-electron chi connectivity index (χ3n) is 5.61. The van der Waals surface area contributed by atoms with Crippen molar-refractivity contribution in [3.8, 4) is 5.75 Å². The van der Waals surface area contributed by atoms with Gasteiger partial charge in [-0.15, -0.1) is 0 Å². The summed E-state index contributed by atoms with van der Waals surface area (Å²) in [5.74, 6) is -0.175. The van der Waals surface area contributed by atoms with Gasteiger partial charge in [0, 0.05) is 24.7 Å². The highest BCUT2D eigenvalue weighted by molar-refractivity contribution is 5.93. The van der Waals surface area contributed by atoms with E-state index >= 15 is 0 Å². The van der Waals surface area contributed by atoms with Crippen molar-refractivity contribution in [2.24, 2.45) is 11.3 Å². The highest BCUT2D eigenvalue weighted by Gasteiger charge is 2.55. The van der Waals surface area contributed by atoms with Crippen molar-refractivity contribution < 1.29 is 19.0 Å². The van der Waals surface area contributed by atoms with Crippen molar-refractivity contribution >= 4 is 22.6 Å². The summed E-state index contributed by atoms with van der Waals surface area (Å²) in [7, 11) is 1.44. The summed E-state index contributed by atoms with van der Waals surface area (Å²) in [4.78, 5) is 18.3. The quantitative estimate of drug-likeness (QED) is 0.937. The van der Waals surface area contributed by atoms with Gasteiger partial charge < -0.3 is 14.7 Å². The molecule has 1 N–H and O–H groups in total. The minimum atomic E-state index is -0.722. The molecule has 0 unspecified atom stereocenters. The van der Waals surface area contributed by atoms with E-state index in [1.807, 2.05) is 11.0 Å². The molecule has 2 fully saturated rings. The lowest BCUT2D eigenvalue weighted by atomic mass is 9.81. The van der Waals surface area contributed by atoms with Crippen LogP contribution in [0.1, 0.15) is 19.3 Å². The number of hydrogen-bond acceptors (Lipinski definition) is 4. The Morgan fingerprint density at radius 1 is 1.50 bits per heavy atom. The SMILES string of the molecule is COc1cc2ccnc(N3C[C@@H]4CCC[C@@]4(C(=O)O)C3)c2cc1F. The van der Waals surface area contributed by atoms with E-state index in [0.717, 1.165) is 18.2 Å². The maximum atomic E-state index is 14.2. The molecule has 2 heterocycles. The molecule has 126 valence electrons. The van der Waals surface area contributed by atoms with Gasteiger partial charge in [-0.2, -0.15) is 0 Å². The first-order valence-electron chi connectivity index (χ1n) is 8.16. The molecule has 1 saturated carbocycles. The molecule has 2 aromatic rings. The Kier molecular flexibility index (Phi) is 3.37. The van der Waals surface area contributed by atoms with E-state index in [-0.39, 0.29) is 11.7 Å². The van der Waals surface area contributed by atoms with Crippen molar-refractivity contribution in [1.82, 2.24) is 4.98 Å². The minimum absolute atomic E-state index is 0.134. The van der Waals surface area contributed by atoms with E-state index in [1.165, 1.54) is 13.2 Å². The molecule has 1 aliphatic carbocycles. The molecular formula is C18H19FN2O3. The van der Waals surface area contributed by atoms with Gasteiger partial charge in [-0.25, -0.2) is 9.37 Å². The molecule has 0 radical (unpaired) electrons. The second-order valence-electron chi connectivity index (χ2n) is 6.77. The fraction of sp³-hybridized carbons (Fsp3) is 0.444. The third kappa shape index (κ3) is 2.05. The van der Waals surface area contributed by atoms with Crippen LogP contribution < -0.4 is 9.64 Å². The number of carboxylic acid groups (broad SMARTS) is 1. The highest BCUT2D eigenvalue weighted by atomic mass is 19.1. The van der Waals surface area contributed by atoms with Gasteiger partial charge in [-0.1, -0.05) is 6.42 Å². The van der Waals surface area contributed by atoms with Gasteiger partial charge in [-0.05, 0) is 42.3 Å². The van der Waals surface area contributed by atoms with Crippen molar-refractivity contribution in [3.05, 3.63) is 30.2 Å². The molecule has 2 aliphatic rings. The highest BCUT2D eigenvalue weighted by Crippen LogP contribution is 2.50. The average Bonchev–Trinajstić information content (AvgIpc) is 3.12. The number of benzene rings is 1. The number of carboxylic acids is 1. The zero-order valence-corrected chi connectivity index (χ0v) is 13.5. The zero-order valence-electron chi connectivity index (χ0n) is 13.5. The number of nitrogens with zero attached hydrogens (tertiary/aromatic N) is 2. The number of halogens is 1. The lowest BCUT2D eigenvalue weighted by Crippen LogP contribution is -2.35. The Morgan fingerprint density at radius 3 is 3.04 bits per heavy atom. The van der Waals surface area contributed by atoms with Gasteiger partial charge in [0.25, 0.3) is 0 Å². The van der Waals surface area contributed by atoms with Crippen molar-refractivity contribution in [2.45, 2.75) is 19.3 Å². The number of aliphatic carboxylic acids is 1. The number of rotatable bonds is 3. The Hall–Kier alpha value is -2.37. The predicted octanol–water partition coefficient (Wildman–Crippen LogP) is 3.07. The van der Waals surface area contributed by atoms with E-state index < -0.39 is 17.2 Å². The van der Waals surface area contributed by atoms with E-state index in [0.29, 0.717) is 30.7 Å². The van der Waals surface area contributed by atoms with Crippen LogP contribution in [0.5, 0.6) is 5.75 Å². The van der Waals surface area contributed by atoms with Gasteiger partial charge in [0.15, 0.2) is 11.6 Å². The van der Waals surface area contributed by atoms with Crippen LogP contribution >= 0.6 is 0 Å². The van der Waals surface area contributed by atoms with Gasteiger partial charge >= 0.3 is 5.97 Å². The average molecular weight is 330 g/mol. The topological polar surface area (TPSA) is 62.7 Å². The second-order valence-corrected chi connectivity index (χ2v) is 6.77. The molecule has 1 saturated heterocycles. The van der Waals surface area contributed by atoms with Gasteiger partial charge in [0.2, 0.25) is 0 Å². The van der Waals surface area contributed by atoms with Gasteiger partial charge in [-0.3, -0.25) is 4.79 Å². The van der Waals surface area contributed by atoms with E-state index in [9.17, 15) is 14.3 Å². The number of aromatic nitrogens is 1. The fourth-order valence-electron chi connectivity index (χ4n) is 4.37. The van der Waals surface area contributed by atoms with Gasteiger partial charge in [0.05, 0.1) is 12.5 Å². The number of anilines is 1. The number of ether oxygens (including phenoxy) is 1. The molecule has 2 atom stereocenters. The Morgan fingerprint density at radius 2 is 2.33 bits per heavy atom. The lowest BCUT2D eigenvalue weighted by molar-refractivity contribution is -0.149. The van der Waals surface area contributed by atoms with Crippen molar-refractivity contribution in [3.63, 3.8) is 0 Å². The maximum Gasteiger partial charge on any atom is 0.311 e. The number of methoxy groups -OCH3 is 1. The van der Waals surface area contributed by atoms with E-state index in [1.54, 1.807) is 12.3 Å². The molecule has 0 spiro atoms. The minimum Gasteiger partial charge on any atom is -0.494 e. The lowest BCUT2D eigenvalue weighted by Gasteiger charge is -2.24. The van der Waals surface area contributed by atoms with E-state index in [4.69, 9.17) is 4.74 Å². The molecule has 1 aromatic carbocycles. The summed E-state index contributed by atoms with van der Waals surface area (Å²) in [6, 6.07) is 4.89. The van der Waals surface area contributed by atoms with Crippen molar-refractivity contribution in [2.75, 3.05) is 25.1 Å². The molecule has 0 bridgehead atoms. The van der Waals surface area contributed by atoms with E-state index in [2.05, 4.69) is 4.98 Å². The maximum absolute atomic E-state index is 14.2. The standard InChI is InChI=1S/C18H19FN2O3/c1-24-15-7-11-4-6-20-16(13(11)8-14(15)19)21-9-12-3-2-5-18(12,10-21)17(22)23/h4,6-8,12H,2-3,5,9-10H2,1H3,(H,22,23)/t12-,18+/m0/s1. The molecule has 1 aromatic heterocycles. The first kappa shape index (κ1) is 15.2. The van der Waals surface area contributed by atoms with Crippen LogP contribution in [-0.4, -0.2) is 36.3 Å². The summed E-state index contributed by atoms with van der Waals surface area (Å²) >= 11 is 0. The number of fused-ring (bicyclic) bond motifs is 2. The molecule has 6 heteroatoms. The Labute approximate surface area is 139 Å². The molecule has 4 rings (SSSR count). The van der Waals surface area contributed by atoms with Gasteiger partial charge in [0.1, 0.15) is 5.82 Å². The summed E-state index contributed by atoms with van der Waals surface area (Å²) < 4.78 is 19.2.